The quantitative estimate of drug-likeness (QED) is 0.435. The number of benzene rings is 2. The molecule has 0 spiro atoms. The molecule has 0 aliphatic carbocycles. The number of para-hydroxylation sites is 1. The zero-order chi connectivity index (χ0) is 30.1. The van der Waals surface area contributed by atoms with Crippen molar-refractivity contribution in [3.63, 3.8) is 0 Å². The second-order valence-corrected chi connectivity index (χ2v) is 11.7. The van der Waals surface area contributed by atoms with Gasteiger partial charge in [0.1, 0.15) is 17.3 Å². The normalized spacial score (nSPS) is 18.3. The molecule has 2 fully saturated rings. The molecule has 0 unspecified atom stereocenters. The molecule has 226 valence electrons. The smallest absolute Gasteiger partial charge is 0.260 e. The number of aromatic nitrogens is 2. The first-order chi connectivity index (χ1) is 20.9. The number of hydrogen-bond donors (Lipinski definition) is 0. The third kappa shape index (κ3) is 5.69. The molecule has 0 N–H and O–H groups in total. The van der Waals surface area contributed by atoms with E-state index in [9.17, 15) is 9.59 Å². The van der Waals surface area contributed by atoms with E-state index in [-0.39, 0.29) is 11.8 Å². The lowest BCUT2D eigenvalue weighted by Gasteiger charge is -2.42. The number of fused-ring (bicyclic) bond motifs is 2. The Kier molecular flexibility index (Phi) is 8.32. The molecule has 0 saturated carbocycles. The first-order valence-electron chi connectivity index (χ1n) is 15.3. The van der Waals surface area contributed by atoms with Gasteiger partial charge in [-0.2, -0.15) is 0 Å². The van der Waals surface area contributed by atoms with Gasteiger partial charge in [-0.15, -0.1) is 0 Å². The molecule has 0 atom stereocenters. The Morgan fingerprint density at radius 3 is 2.44 bits per heavy atom. The standard InChI is InChI=1S/C33H41N7O3/c1-5-40-27-9-7-6-8-26(27)33(42)37(3)28-22-34-30(35-31(28)40)21-23-10-11-24(20-29(23)43-4)32(41)39-18-16-38(17-19-39)25-12-14-36(2)15-13-25/h6-11,20,22,25H,5,12-19,21H2,1-4H3. The molecule has 3 aliphatic rings. The molecule has 6 rings (SSSR count). The number of carbonyl (C=O) groups is 2. The minimum atomic E-state index is -0.0886. The Morgan fingerprint density at radius 1 is 0.977 bits per heavy atom. The number of piperidine rings is 1. The van der Waals surface area contributed by atoms with E-state index < -0.39 is 0 Å². The van der Waals surface area contributed by atoms with Crippen LogP contribution in [0.15, 0.2) is 48.7 Å². The summed E-state index contributed by atoms with van der Waals surface area (Å²) in [6.45, 7) is 8.32. The van der Waals surface area contributed by atoms with E-state index in [2.05, 4.69) is 26.7 Å². The van der Waals surface area contributed by atoms with Gasteiger partial charge in [0.15, 0.2) is 5.82 Å². The van der Waals surface area contributed by atoms with Gasteiger partial charge in [0.25, 0.3) is 11.8 Å². The second-order valence-electron chi connectivity index (χ2n) is 11.7. The molecule has 3 aromatic rings. The van der Waals surface area contributed by atoms with Crippen LogP contribution in [0.3, 0.4) is 0 Å². The van der Waals surface area contributed by atoms with Gasteiger partial charge >= 0.3 is 0 Å². The van der Waals surface area contributed by atoms with Gasteiger partial charge in [-0.1, -0.05) is 18.2 Å². The molecule has 43 heavy (non-hydrogen) atoms. The van der Waals surface area contributed by atoms with E-state index in [0.717, 1.165) is 50.5 Å². The van der Waals surface area contributed by atoms with Gasteiger partial charge in [-0.3, -0.25) is 14.5 Å². The first-order valence-corrected chi connectivity index (χ1v) is 15.3. The van der Waals surface area contributed by atoms with Gasteiger partial charge in [0.2, 0.25) is 0 Å². The number of piperazine rings is 1. The van der Waals surface area contributed by atoms with Crippen LogP contribution in [0, 0.1) is 0 Å². The third-order valence-electron chi connectivity index (χ3n) is 9.15. The van der Waals surface area contributed by atoms with E-state index in [1.807, 2.05) is 54.3 Å². The number of amides is 2. The van der Waals surface area contributed by atoms with Gasteiger partial charge < -0.3 is 24.3 Å². The number of carbonyl (C=O) groups excluding carboxylic acids is 2. The van der Waals surface area contributed by atoms with Crippen molar-refractivity contribution in [2.45, 2.75) is 32.2 Å². The van der Waals surface area contributed by atoms with Crippen LogP contribution in [0.2, 0.25) is 0 Å². The van der Waals surface area contributed by atoms with E-state index in [1.165, 1.54) is 12.8 Å². The van der Waals surface area contributed by atoms with E-state index >= 15 is 0 Å². The summed E-state index contributed by atoms with van der Waals surface area (Å²) >= 11 is 0. The molecule has 2 amide bonds. The highest BCUT2D eigenvalue weighted by Crippen LogP contribution is 2.38. The van der Waals surface area contributed by atoms with Crippen molar-refractivity contribution in [3.8, 4) is 5.75 Å². The largest absolute Gasteiger partial charge is 0.496 e. The monoisotopic (exact) mass is 583 g/mol. The van der Waals surface area contributed by atoms with E-state index in [4.69, 9.17) is 9.72 Å². The molecule has 4 heterocycles. The molecule has 10 nitrogen and oxygen atoms in total. The van der Waals surface area contributed by atoms with Crippen molar-refractivity contribution < 1.29 is 14.3 Å². The molecule has 1 aromatic heterocycles. The summed E-state index contributed by atoms with van der Waals surface area (Å²) in [6.07, 6.45) is 4.56. The van der Waals surface area contributed by atoms with Crippen molar-refractivity contribution in [3.05, 3.63) is 71.2 Å². The highest BCUT2D eigenvalue weighted by atomic mass is 16.5. The van der Waals surface area contributed by atoms with Crippen LogP contribution in [0.1, 0.15) is 51.9 Å². The first kappa shape index (κ1) is 29.1. The van der Waals surface area contributed by atoms with Crippen LogP contribution in [0.4, 0.5) is 17.2 Å². The molecule has 10 heteroatoms. The number of rotatable bonds is 6. The van der Waals surface area contributed by atoms with Crippen LogP contribution in [0.5, 0.6) is 5.75 Å². The maximum atomic E-state index is 13.5. The third-order valence-corrected chi connectivity index (χ3v) is 9.15. The molecule has 0 bridgehead atoms. The molecule has 3 aliphatic heterocycles. The molecular formula is C33H41N7O3. The van der Waals surface area contributed by atoms with Crippen LogP contribution >= 0.6 is 0 Å². The van der Waals surface area contributed by atoms with Gasteiger partial charge in [-0.25, -0.2) is 9.97 Å². The Hall–Kier alpha value is -4.02. The zero-order valence-corrected chi connectivity index (χ0v) is 25.6. The number of methoxy groups -OCH3 is 1. The number of anilines is 3. The molecular weight excluding hydrogens is 542 g/mol. The van der Waals surface area contributed by atoms with Gasteiger partial charge in [-0.05, 0) is 64.2 Å². The average Bonchev–Trinajstić information content (AvgIpc) is 3.13. The second kappa shape index (κ2) is 12.3. The lowest BCUT2D eigenvalue weighted by atomic mass is 10.0. The van der Waals surface area contributed by atoms with Crippen molar-refractivity contribution in [2.24, 2.45) is 0 Å². The van der Waals surface area contributed by atoms with Crippen molar-refractivity contribution in [1.29, 1.82) is 0 Å². The lowest BCUT2D eigenvalue weighted by molar-refractivity contribution is 0.0475. The maximum absolute atomic E-state index is 13.5. The molecule has 0 radical (unpaired) electrons. The Bertz CT molecular complexity index is 1500. The van der Waals surface area contributed by atoms with Crippen molar-refractivity contribution in [2.75, 3.05) is 76.8 Å². The van der Waals surface area contributed by atoms with Crippen molar-refractivity contribution in [1.82, 2.24) is 24.7 Å². The Labute approximate surface area is 253 Å². The fraction of sp³-hybridized carbons (Fsp3) is 0.455. The summed E-state index contributed by atoms with van der Waals surface area (Å²) in [4.78, 5) is 46.8. The van der Waals surface area contributed by atoms with E-state index in [0.29, 0.717) is 53.2 Å². The Morgan fingerprint density at radius 2 is 1.72 bits per heavy atom. The summed E-state index contributed by atoms with van der Waals surface area (Å²) in [7, 11) is 5.57. The molecule has 2 saturated heterocycles. The summed E-state index contributed by atoms with van der Waals surface area (Å²) in [5.74, 6) is 1.89. The SMILES string of the molecule is CCN1c2ccccc2C(=O)N(C)c2cnc(Cc3ccc(C(=O)N4CCN(C5CCN(C)CC5)CC4)cc3OC)nc21. The van der Waals surface area contributed by atoms with Crippen LogP contribution in [-0.2, 0) is 6.42 Å². The summed E-state index contributed by atoms with van der Waals surface area (Å²) in [5.41, 5.74) is 3.66. The van der Waals surface area contributed by atoms with Gasteiger partial charge in [0.05, 0.1) is 24.6 Å². The fourth-order valence-corrected chi connectivity index (χ4v) is 6.56. The number of ether oxygens (including phenoxy) is 1. The minimum absolute atomic E-state index is 0.0408. The van der Waals surface area contributed by atoms with Crippen molar-refractivity contribution >= 4 is 29.0 Å². The maximum Gasteiger partial charge on any atom is 0.260 e. The van der Waals surface area contributed by atoms with Gasteiger partial charge in [0, 0.05) is 63.4 Å². The highest BCUT2D eigenvalue weighted by Gasteiger charge is 2.31. The summed E-state index contributed by atoms with van der Waals surface area (Å²) in [6, 6.07) is 13.9. The average molecular weight is 584 g/mol. The van der Waals surface area contributed by atoms with Crippen LogP contribution in [0.25, 0.3) is 0 Å². The molecule has 2 aromatic carbocycles. The lowest BCUT2D eigenvalue weighted by Crippen LogP contribution is -2.54. The topological polar surface area (TPSA) is 85.4 Å². The highest BCUT2D eigenvalue weighted by molar-refractivity contribution is 6.13. The summed E-state index contributed by atoms with van der Waals surface area (Å²) < 4.78 is 5.75. The van der Waals surface area contributed by atoms with Crippen LogP contribution < -0.4 is 14.5 Å². The summed E-state index contributed by atoms with van der Waals surface area (Å²) in [5, 5.41) is 0. The predicted molar refractivity (Wildman–Crippen MR) is 168 cm³/mol. The number of hydrogen-bond acceptors (Lipinski definition) is 8. The Balaban J connectivity index is 1.18. The van der Waals surface area contributed by atoms with Crippen LogP contribution in [-0.4, -0.2) is 110 Å². The fourth-order valence-electron chi connectivity index (χ4n) is 6.56. The van der Waals surface area contributed by atoms with E-state index in [1.54, 1.807) is 25.3 Å². The number of nitrogens with zero attached hydrogens (tertiary/aromatic N) is 7. The zero-order valence-electron chi connectivity index (χ0n) is 25.6. The predicted octanol–water partition coefficient (Wildman–Crippen LogP) is 3.68. The minimum Gasteiger partial charge on any atom is -0.496 e. The number of likely N-dealkylation sites (tertiary alicyclic amines) is 1.